The molecule has 0 fully saturated rings. The summed E-state index contributed by atoms with van der Waals surface area (Å²) in [6.07, 6.45) is 3.43. The van der Waals surface area contributed by atoms with Crippen molar-refractivity contribution >= 4 is 16.9 Å². The second-order valence-corrected chi connectivity index (χ2v) is 6.54. The predicted octanol–water partition coefficient (Wildman–Crippen LogP) is 1.53. The number of hydrogen-bond acceptors (Lipinski definition) is 4. The van der Waals surface area contributed by atoms with Gasteiger partial charge in [0.25, 0.3) is 0 Å². The Kier molecular flexibility index (Phi) is 4.59. The van der Waals surface area contributed by atoms with Crippen LogP contribution in [0.1, 0.15) is 23.1 Å². The maximum atomic E-state index is 12.8. The minimum Gasteiger partial charge on any atom is -0.347 e. The second kappa shape index (κ2) is 6.68. The Morgan fingerprint density at radius 2 is 2.08 bits per heavy atom. The number of carbonyl (C=O) groups is 1. The third-order valence-electron chi connectivity index (χ3n) is 4.51. The smallest absolute Gasteiger partial charge is 0.243 e. The molecule has 0 aliphatic rings. The molecule has 1 aromatic carbocycles. The average molecular weight is 340 g/mol. The number of nitrogens with zero attached hydrogens (tertiary/aromatic N) is 5. The van der Waals surface area contributed by atoms with Crippen LogP contribution < -0.4 is 5.32 Å². The first-order valence-corrected chi connectivity index (χ1v) is 8.21. The van der Waals surface area contributed by atoms with E-state index >= 15 is 0 Å². The SMILES string of the molecule is Cc1cccc2nc(CNC(=O)[C@@H](c3cncn3C)N(C)C)n(C)c12. The van der Waals surface area contributed by atoms with E-state index < -0.39 is 6.04 Å². The van der Waals surface area contributed by atoms with Gasteiger partial charge in [-0.3, -0.25) is 9.69 Å². The highest BCUT2D eigenvalue weighted by Crippen LogP contribution is 2.20. The van der Waals surface area contributed by atoms with Crippen molar-refractivity contribution in [3.05, 3.63) is 47.8 Å². The zero-order valence-corrected chi connectivity index (χ0v) is 15.3. The van der Waals surface area contributed by atoms with Crippen LogP contribution in [0.2, 0.25) is 0 Å². The molecule has 0 spiro atoms. The molecule has 2 heterocycles. The molecule has 0 saturated heterocycles. The minimum atomic E-state index is -0.399. The van der Waals surface area contributed by atoms with Crippen LogP contribution in [0.15, 0.2) is 30.7 Å². The third-order valence-corrected chi connectivity index (χ3v) is 4.51. The van der Waals surface area contributed by atoms with Gasteiger partial charge in [-0.05, 0) is 32.6 Å². The Morgan fingerprint density at radius 1 is 1.32 bits per heavy atom. The number of nitrogens with one attached hydrogen (secondary N) is 1. The van der Waals surface area contributed by atoms with Gasteiger partial charge in [-0.1, -0.05) is 12.1 Å². The fraction of sp³-hybridized carbons (Fsp3) is 0.389. The maximum Gasteiger partial charge on any atom is 0.243 e. The van der Waals surface area contributed by atoms with E-state index in [9.17, 15) is 4.79 Å². The van der Waals surface area contributed by atoms with Crippen molar-refractivity contribution in [2.24, 2.45) is 14.1 Å². The quantitative estimate of drug-likeness (QED) is 0.765. The summed E-state index contributed by atoms with van der Waals surface area (Å²) in [4.78, 5) is 23.4. The summed E-state index contributed by atoms with van der Waals surface area (Å²) in [7, 11) is 7.64. The van der Waals surface area contributed by atoms with Crippen molar-refractivity contribution < 1.29 is 4.79 Å². The van der Waals surface area contributed by atoms with E-state index in [2.05, 4.69) is 28.3 Å². The summed E-state index contributed by atoms with van der Waals surface area (Å²) < 4.78 is 3.91. The van der Waals surface area contributed by atoms with Crippen LogP contribution in [0.4, 0.5) is 0 Å². The Bertz CT molecular complexity index is 908. The van der Waals surface area contributed by atoms with Crippen LogP contribution in [0.3, 0.4) is 0 Å². The largest absolute Gasteiger partial charge is 0.347 e. The molecule has 2 aromatic heterocycles. The monoisotopic (exact) mass is 340 g/mol. The Balaban J connectivity index is 1.81. The molecule has 1 amide bonds. The third kappa shape index (κ3) is 3.15. The Morgan fingerprint density at radius 3 is 2.68 bits per heavy atom. The molecule has 1 atom stereocenters. The molecule has 7 nitrogen and oxygen atoms in total. The summed E-state index contributed by atoms with van der Waals surface area (Å²) in [5.74, 6) is 0.762. The molecule has 0 unspecified atom stereocenters. The molecule has 1 N–H and O–H groups in total. The Hall–Kier alpha value is -2.67. The van der Waals surface area contributed by atoms with Gasteiger partial charge in [-0.15, -0.1) is 0 Å². The number of benzene rings is 1. The summed E-state index contributed by atoms with van der Waals surface area (Å²) in [6.45, 7) is 2.45. The maximum absolute atomic E-state index is 12.8. The molecule has 0 bridgehead atoms. The second-order valence-electron chi connectivity index (χ2n) is 6.54. The highest BCUT2D eigenvalue weighted by molar-refractivity contribution is 5.83. The van der Waals surface area contributed by atoms with Crippen LogP contribution in [-0.2, 0) is 25.4 Å². The molecule has 0 saturated carbocycles. The van der Waals surface area contributed by atoms with Crippen LogP contribution >= 0.6 is 0 Å². The molecule has 0 aliphatic carbocycles. The molecule has 132 valence electrons. The van der Waals surface area contributed by atoms with Gasteiger partial charge in [-0.2, -0.15) is 0 Å². The molecule has 25 heavy (non-hydrogen) atoms. The van der Waals surface area contributed by atoms with Gasteiger partial charge in [0.15, 0.2) is 0 Å². The fourth-order valence-corrected chi connectivity index (χ4v) is 3.20. The number of aromatic nitrogens is 4. The van der Waals surface area contributed by atoms with Gasteiger partial charge in [-0.25, -0.2) is 9.97 Å². The van der Waals surface area contributed by atoms with Crippen molar-refractivity contribution in [2.45, 2.75) is 19.5 Å². The zero-order chi connectivity index (χ0) is 18.1. The lowest BCUT2D eigenvalue weighted by atomic mass is 10.2. The lowest BCUT2D eigenvalue weighted by Crippen LogP contribution is -2.38. The van der Waals surface area contributed by atoms with E-state index in [1.165, 1.54) is 5.56 Å². The standard InChI is InChI=1S/C18H24N6O/c1-12-7-6-8-13-16(12)24(5)15(21-13)10-20-18(25)17(22(2)3)14-9-19-11-23(14)4/h6-9,11,17H,10H2,1-5H3,(H,20,25)/t17-/m1/s1. The van der Waals surface area contributed by atoms with E-state index in [-0.39, 0.29) is 5.91 Å². The van der Waals surface area contributed by atoms with E-state index in [1.807, 2.05) is 54.4 Å². The van der Waals surface area contributed by atoms with Crippen molar-refractivity contribution in [3.8, 4) is 0 Å². The topological polar surface area (TPSA) is 68.0 Å². The van der Waals surface area contributed by atoms with E-state index in [0.29, 0.717) is 6.54 Å². The number of aryl methyl sites for hydroxylation is 3. The van der Waals surface area contributed by atoms with Gasteiger partial charge in [0.05, 0.1) is 35.8 Å². The van der Waals surface area contributed by atoms with Gasteiger partial charge in [0.2, 0.25) is 5.91 Å². The molecule has 7 heteroatoms. The molecule has 0 radical (unpaired) electrons. The highest BCUT2D eigenvalue weighted by atomic mass is 16.2. The highest BCUT2D eigenvalue weighted by Gasteiger charge is 2.25. The van der Waals surface area contributed by atoms with Crippen LogP contribution in [-0.4, -0.2) is 44.0 Å². The number of carbonyl (C=O) groups excluding carboxylic acids is 1. The van der Waals surface area contributed by atoms with Crippen molar-refractivity contribution in [1.82, 2.24) is 29.3 Å². The summed E-state index contributed by atoms with van der Waals surface area (Å²) in [5.41, 5.74) is 4.07. The molecule has 0 aliphatic heterocycles. The van der Waals surface area contributed by atoms with Gasteiger partial charge in [0.1, 0.15) is 11.9 Å². The van der Waals surface area contributed by atoms with E-state index in [0.717, 1.165) is 22.6 Å². The lowest BCUT2D eigenvalue weighted by Gasteiger charge is -2.23. The zero-order valence-electron chi connectivity index (χ0n) is 15.3. The molecule has 3 rings (SSSR count). The number of imidazole rings is 2. The number of likely N-dealkylation sites (N-methyl/N-ethyl adjacent to an activating group) is 1. The average Bonchev–Trinajstić information content (AvgIpc) is 3.10. The Labute approximate surface area is 147 Å². The van der Waals surface area contributed by atoms with Crippen LogP contribution in [0.25, 0.3) is 11.0 Å². The summed E-state index contributed by atoms with van der Waals surface area (Å²) >= 11 is 0. The van der Waals surface area contributed by atoms with Gasteiger partial charge < -0.3 is 14.5 Å². The summed E-state index contributed by atoms with van der Waals surface area (Å²) in [5, 5.41) is 3.01. The van der Waals surface area contributed by atoms with Gasteiger partial charge in [0, 0.05) is 14.1 Å². The minimum absolute atomic E-state index is 0.0719. The molecular weight excluding hydrogens is 316 g/mol. The number of fused-ring (bicyclic) bond motifs is 1. The van der Waals surface area contributed by atoms with Crippen LogP contribution in [0, 0.1) is 6.92 Å². The number of rotatable bonds is 5. The van der Waals surface area contributed by atoms with Crippen molar-refractivity contribution in [3.63, 3.8) is 0 Å². The van der Waals surface area contributed by atoms with Crippen molar-refractivity contribution in [1.29, 1.82) is 0 Å². The lowest BCUT2D eigenvalue weighted by molar-refractivity contribution is -0.126. The van der Waals surface area contributed by atoms with Gasteiger partial charge >= 0.3 is 0 Å². The molecular formula is C18H24N6O. The first-order chi connectivity index (χ1) is 11.9. The first kappa shape index (κ1) is 17.2. The number of hydrogen-bond donors (Lipinski definition) is 1. The van der Waals surface area contributed by atoms with E-state index in [4.69, 9.17) is 0 Å². The predicted molar refractivity (Wildman–Crippen MR) is 96.9 cm³/mol. The fourth-order valence-electron chi connectivity index (χ4n) is 3.20. The van der Waals surface area contributed by atoms with Crippen LogP contribution in [0.5, 0.6) is 0 Å². The normalized spacial score (nSPS) is 12.7. The van der Waals surface area contributed by atoms with Crippen molar-refractivity contribution in [2.75, 3.05) is 14.1 Å². The molecule has 3 aromatic rings. The van der Waals surface area contributed by atoms with E-state index in [1.54, 1.807) is 12.5 Å². The summed E-state index contributed by atoms with van der Waals surface area (Å²) in [6, 6.07) is 5.66. The number of amides is 1. The number of para-hydroxylation sites is 1. The first-order valence-electron chi connectivity index (χ1n) is 8.21.